The van der Waals surface area contributed by atoms with Crippen molar-refractivity contribution in [3.63, 3.8) is 0 Å². The first kappa shape index (κ1) is 15.4. The largest absolute Gasteiger partial charge is 0.351 e. The van der Waals surface area contributed by atoms with Crippen molar-refractivity contribution in [3.05, 3.63) is 5.82 Å². The molecule has 0 aliphatic heterocycles. The average molecular weight is 286 g/mol. The minimum Gasteiger partial charge on any atom is -0.351 e. The van der Waals surface area contributed by atoms with Gasteiger partial charge in [-0.25, -0.2) is 4.79 Å². The van der Waals surface area contributed by atoms with E-state index in [2.05, 4.69) is 10.2 Å². The minimum atomic E-state index is -0.842. The Hall–Kier alpha value is -1.61. The number of hydrogen-bond acceptors (Lipinski definition) is 6. The normalized spacial score (nSPS) is 10.7. The van der Waals surface area contributed by atoms with Gasteiger partial charge in [0.1, 0.15) is 5.82 Å². The van der Waals surface area contributed by atoms with Crippen molar-refractivity contribution < 1.29 is 9.59 Å². The SMILES string of the molecule is CC(C)n1c(CN)nnc1SCCC(=O)NC(N)=O. The van der Waals surface area contributed by atoms with Crippen LogP contribution in [0.5, 0.6) is 0 Å². The van der Waals surface area contributed by atoms with E-state index in [0.29, 0.717) is 23.3 Å². The Morgan fingerprint density at radius 3 is 2.63 bits per heavy atom. The van der Waals surface area contributed by atoms with Gasteiger partial charge in [-0.2, -0.15) is 0 Å². The van der Waals surface area contributed by atoms with E-state index in [1.807, 2.05) is 23.7 Å². The summed E-state index contributed by atoms with van der Waals surface area (Å²) in [5, 5.41) is 10.8. The highest BCUT2D eigenvalue weighted by molar-refractivity contribution is 7.99. The van der Waals surface area contributed by atoms with Crippen molar-refractivity contribution in [3.8, 4) is 0 Å². The fraction of sp³-hybridized carbons (Fsp3) is 0.600. The van der Waals surface area contributed by atoms with Crippen LogP contribution in [0.4, 0.5) is 4.79 Å². The second kappa shape index (κ2) is 7.10. The van der Waals surface area contributed by atoms with Gasteiger partial charge in [0, 0.05) is 18.2 Å². The van der Waals surface area contributed by atoms with Gasteiger partial charge in [0.2, 0.25) is 5.91 Å². The van der Waals surface area contributed by atoms with Crippen LogP contribution in [0.2, 0.25) is 0 Å². The molecule has 1 aromatic heterocycles. The molecule has 0 unspecified atom stereocenters. The Bertz CT molecular complexity index is 459. The number of urea groups is 1. The summed E-state index contributed by atoms with van der Waals surface area (Å²) in [5.74, 6) is 0.780. The first-order valence-corrected chi connectivity index (χ1v) is 6.80. The van der Waals surface area contributed by atoms with E-state index in [1.165, 1.54) is 11.8 Å². The molecule has 0 aromatic carbocycles. The Kier molecular flexibility index (Phi) is 5.77. The molecule has 8 nitrogen and oxygen atoms in total. The molecule has 0 aliphatic carbocycles. The summed E-state index contributed by atoms with van der Waals surface area (Å²) in [6.07, 6.45) is 0.177. The van der Waals surface area contributed by atoms with E-state index in [9.17, 15) is 9.59 Å². The lowest BCUT2D eigenvalue weighted by Gasteiger charge is -2.12. The molecule has 0 aliphatic rings. The fourth-order valence-corrected chi connectivity index (χ4v) is 2.52. The maximum Gasteiger partial charge on any atom is 0.318 e. The van der Waals surface area contributed by atoms with Crippen LogP contribution in [0.1, 0.15) is 32.1 Å². The van der Waals surface area contributed by atoms with Crippen molar-refractivity contribution in [1.29, 1.82) is 0 Å². The Morgan fingerprint density at radius 1 is 1.42 bits per heavy atom. The van der Waals surface area contributed by atoms with Crippen LogP contribution in [0.25, 0.3) is 0 Å². The molecular formula is C10H18N6O2S. The Morgan fingerprint density at radius 2 is 2.11 bits per heavy atom. The molecule has 9 heteroatoms. The van der Waals surface area contributed by atoms with Gasteiger partial charge in [-0.05, 0) is 13.8 Å². The predicted molar refractivity (Wildman–Crippen MR) is 71.4 cm³/mol. The monoisotopic (exact) mass is 286 g/mol. The molecule has 1 rings (SSSR count). The highest BCUT2D eigenvalue weighted by atomic mass is 32.2. The molecular weight excluding hydrogens is 268 g/mol. The van der Waals surface area contributed by atoms with Gasteiger partial charge in [-0.3, -0.25) is 10.1 Å². The van der Waals surface area contributed by atoms with Gasteiger partial charge >= 0.3 is 6.03 Å². The third-order valence-electron chi connectivity index (χ3n) is 2.26. The second-order valence-electron chi connectivity index (χ2n) is 4.08. The zero-order chi connectivity index (χ0) is 14.4. The maximum atomic E-state index is 11.2. The molecule has 0 saturated heterocycles. The standard InChI is InChI=1S/C10H18N6O2S/c1-6(2)16-7(5-11)14-15-10(16)19-4-3-8(17)13-9(12)18/h6H,3-5,11H2,1-2H3,(H3,12,13,17,18). The first-order chi connectivity index (χ1) is 8.95. The molecule has 0 fully saturated rings. The zero-order valence-corrected chi connectivity index (χ0v) is 11.7. The highest BCUT2D eigenvalue weighted by Gasteiger charge is 2.14. The van der Waals surface area contributed by atoms with E-state index in [1.54, 1.807) is 0 Å². The molecule has 1 aromatic rings. The van der Waals surface area contributed by atoms with Crippen LogP contribution in [-0.4, -0.2) is 32.5 Å². The van der Waals surface area contributed by atoms with E-state index in [0.717, 1.165) is 0 Å². The molecule has 0 bridgehead atoms. The minimum absolute atomic E-state index is 0.177. The molecule has 106 valence electrons. The Labute approximate surface area is 115 Å². The summed E-state index contributed by atoms with van der Waals surface area (Å²) in [7, 11) is 0. The lowest BCUT2D eigenvalue weighted by molar-refractivity contribution is -0.119. The smallest absolute Gasteiger partial charge is 0.318 e. The van der Waals surface area contributed by atoms with Crippen LogP contribution >= 0.6 is 11.8 Å². The topological polar surface area (TPSA) is 129 Å². The van der Waals surface area contributed by atoms with Gasteiger partial charge < -0.3 is 16.0 Å². The number of rotatable bonds is 6. The van der Waals surface area contributed by atoms with Gasteiger partial charge in [-0.15, -0.1) is 10.2 Å². The van der Waals surface area contributed by atoms with Crippen molar-refractivity contribution in [2.75, 3.05) is 5.75 Å². The number of nitrogens with one attached hydrogen (secondary N) is 1. The summed E-state index contributed by atoms with van der Waals surface area (Å²) >= 11 is 1.39. The lowest BCUT2D eigenvalue weighted by atomic mass is 10.4. The quantitative estimate of drug-likeness (QED) is 0.631. The number of aromatic nitrogens is 3. The molecule has 0 atom stereocenters. The summed E-state index contributed by atoms with van der Waals surface area (Å²) in [4.78, 5) is 21.7. The number of carbonyl (C=O) groups is 2. The van der Waals surface area contributed by atoms with Gasteiger partial charge in [0.05, 0.1) is 6.54 Å². The van der Waals surface area contributed by atoms with E-state index < -0.39 is 11.9 Å². The summed E-state index contributed by atoms with van der Waals surface area (Å²) < 4.78 is 1.93. The lowest BCUT2D eigenvalue weighted by Crippen LogP contribution is -2.35. The molecule has 1 heterocycles. The highest BCUT2D eigenvalue weighted by Crippen LogP contribution is 2.21. The van der Waals surface area contributed by atoms with E-state index >= 15 is 0 Å². The average Bonchev–Trinajstić information content (AvgIpc) is 2.71. The maximum absolute atomic E-state index is 11.2. The van der Waals surface area contributed by atoms with Gasteiger partial charge in [0.25, 0.3) is 0 Å². The van der Waals surface area contributed by atoms with Crippen LogP contribution in [0, 0.1) is 0 Å². The fourth-order valence-electron chi connectivity index (χ4n) is 1.50. The molecule has 19 heavy (non-hydrogen) atoms. The molecule has 0 saturated carbocycles. The number of imide groups is 1. The van der Waals surface area contributed by atoms with Crippen LogP contribution in [0.15, 0.2) is 5.16 Å². The van der Waals surface area contributed by atoms with Crippen molar-refractivity contribution >= 4 is 23.7 Å². The number of nitrogens with zero attached hydrogens (tertiary/aromatic N) is 3. The predicted octanol–water partition coefficient (Wildman–Crippen LogP) is -0.00520. The molecule has 3 amide bonds. The van der Waals surface area contributed by atoms with Crippen molar-refractivity contribution in [2.45, 2.75) is 38.0 Å². The third kappa shape index (κ3) is 4.52. The van der Waals surface area contributed by atoms with Crippen LogP contribution in [-0.2, 0) is 11.3 Å². The van der Waals surface area contributed by atoms with E-state index in [4.69, 9.17) is 11.5 Å². The number of amides is 3. The summed E-state index contributed by atoms with van der Waals surface area (Å²) in [5.41, 5.74) is 10.4. The van der Waals surface area contributed by atoms with Crippen molar-refractivity contribution in [2.24, 2.45) is 11.5 Å². The van der Waals surface area contributed by atoms with Gasteiger partial charge in [0.15, 0.2) is 5.16 Å². The molecule has 5 N–H and O–H groups in total. The van der Waals surface area contributed by atoms with Crippen LogP contribution in [0.3, 0.4) is 0 Å². The third-order valence-corrected chi connectivity index (χ3v) is 3.20. The van der Waals surface area contributed by atoms with Crippen LogP contribution < -0.4 is 16.8 Å². The molecule has 0 radical (unpaired) electrons. The number of carbonyl (C=O) groups excluding carboxylic acids is 2. The molecule has 0 spiro atoms. The first-order valence-electron chi connectivity index (χ1n) is 5.81. The zero-order valence-electron chi connectivity index (χ0n) is 10.9. The van der Waals surface area contributed by atoms with E-state index in [-0.39, 0.29) is 12.5 Å². The Balaban J connectivity index is 2.56. The number of hydrogen-bond donors (Lipinski definition) is 3. The number of nitrogens with two attached hydrogens (primary N) is 2. The number of primary amides is 1. The van der Waals surface area contributed by atoms with Crippen molar-refractivity contribution in [1.82, 2.24) is 20.1 Å². The number of thioether (sulfide) groups is 1. The van der Waals surface area contributed by atoms with Gasteiger partial charge in [-0.1, -0.05) is 11.8 Å². The second-order valence-corrected chi connectivity index (χ2v) is 5.14. The summed E-state index contributed by atoms with van der Waals surface area (Å²) in [6, 6.07) is -0.652. The summed E-state index contributed by atoms with van der Waals surface area (Å²) in [6.45, 7) is 4.33.